The van der Waals surface area contributed by atoms with Crippen LogP contribution in [0.5, 0.6) is 0 Å². The Morgan fingerprint density at radius 3 is 2.82 bits per heavy atom. The van der Waals surface area contributed by atoms with E-state index in [1.54, 1.807) is 7.11 Å². The zero-order chi connectivity index (χ0) is 12.8. The number of anilines is 1. The number of halogens is 1. The average molecular weight is 241 g/mol. The molecule has 0 fully saturated rings. The van der Waals surface area contributed by atoms with Crippen molar-refractivity contribution in [3.63, 3.8) is 0 Å². The molecule has 5 heteroatoms. The number of benzene rings is 1. The van der Waals surface area contributed by atoms with Crippen molar-refractivity contribution < 1.29 is 19.0 Å². The fourth-order valence-corrected chi connectivity index (χ4v) is 1.40. The number of aromatic carboxylic acids is 1. The summed E-state index contributed by atoms with van der Waals surface area (Å²) in [6.07, 6.45) is 0.747. The van der Waals surface area contributed by atoms with Gasteiger partial charge in [-0.25, -0.2) is 9.18 Å². The quantitative estimate of drug-likeness (QED) is 0.802. The lowest BCUT2D eigenvalue weighted by Gasteiger charge is -2.15. The second-order valence-electron chi connectivity index (χ2n) is 3.83. The van der Waals surface area contributed by atoms with E-state index in [0.29, 0.717) is 12.3 Å². The smallest absolute Gasteiger partial charge is 0.335 e. The number of hydrogen-bond acceptors (Lipinski definition) is 3. The van der Waals surface area contributed by atoms with Crippen molar-refractivity contribution >= 4 is 11.7 Å². The van der Waals surface area contributed by atoms with Gasteiger partial charge in [-0.05, 0) is 31.5 Å². The van der Waals surface area contributed by atoms with Crippen LogP contribution in [0.1, 0.15) is 23.7 Å². The molecule has 17 heavy (non-hydrogen) atoms. The third-order valence-electron chi connectivity index (χ3n) is 2.37. The van der Waals surface area contributed by atoms with Crippen LogP contribution in [0.3, 0.4) is 0 Å². The number of rotatable bonds is 6. The maximum Gasteiger partial charge on any atom is 0.335 e. The summed E-state index contributed by atoms with van der Waals surface area (Å²) < 4.78 is 18.5. The Kier molecular flexibility index (Phi) is 4.90. The molecular weight excluding hydrogens is 225 g/mol. The van der Waals surface area contributed by atoms with Crippen molar-refractivity contribution in [2.45, 2.75) is 19.4 Å². The first-order valence-electron chi connectivity index (χ1n) is 5.33. The summed E-state index contributed by atoms with van der Waals surface area (Å²) in [5, 5.41) is 11.7. The van der Waals surface area contributed by atoms with Gasteiger partial charge in [0.05, 0.1) is 11.3 Å². The number of ether oxygens (including phenoxy) is 1. The lowest BCUT2D eigenvalue weighted by Crippen LogP contribution is -2.18. The van der Waals surface area contributed by atoms with E-state index in [-0.39, 0.29) is 11.6 Å². The zero-order valence-corrected chi connectivity index (χ0v) is 9.87. The molecule has 4 nitrogen and oxygen atoms in total. The molecular formula is C12H16FNO3. The molecule has 0 spiro atoms. The van der Waals surface area contributed by atoms with Crippen molar-refractivity contribution in [1.82, 2.24) is 0 Å². The van der Waals surface area contributed by atoms with Gasteiger partial charge < -0.3 is 15.2 Å². The molecule has 94 valence electrons. The van der Waals surface area contributed by atoms with Crippen molar-refractivity contribution in [1.29, 1.82) is 0 Å². The van der Waals surface area contributed by atoms with Crippen LogP contribution in [0.15, 0.2) is 18.2 Å². The molecule has 0 radical (unpaired) electrons. The van der Waals surface area contributed by atoms with E-state index in [9.17, 15) is 9.18 Å². The molecule has 1 aromatic carbocycles. The van der Waals surface area contributed by atoms with Gasteiger partial charge in [0, 0.05) is 19.8 Å². The highest BCUT2D eigenvalue weighted by Crippen LogP contribution is 2.17. The van der Waals surface area contributed by atoms with Crippen LogP contribution in [0.2, 0.25) is 0 Å². The van der Waals surface area contributed by atoms with Crippen molar-refractivity contribution in [3.8, 4) is 0 Å². The molecule has 0 saturated carbocycles. The number of carbonyl (C=O) groups is 1. The largest absolute Gasteiger partial charge is 0.478 e. The summed E-state index contributed by atoms with van der Waals surface area (Å²) in [4.78, 5) is 10.6. The summed E-state index contributed by atoms with van der Waals surface area (Å²) in [5.41, 5.74) is 0.246. The van der Waals surface area contributed by atoms with Gasteiger partial charge in [-0.3, -0.25) is 0 Å². The number of methoxy groups -OCH3 is 1. The lowest BCUT2D eigenvalue weighted by atomic mass is 10.1. The fourth-order valence-electron chi connectivity index (χ4n) is 1.40. The second-order valence-corrected chi connectivity index (χ2v) is 3.83. The maximum atomic E-state index is 13.5. The average Bonchev–Trinajstić information content (AvgIpc) is 2.28. The summed E-state index contributed by atoms with van der Waals surface area (Å²) >= 11 is 0. The van der Waals surface area contributed by atoms with Gasteiger partial charge in [0.2, 0.25) is 0 Å². The highest BCUT2D eigenvalue weighted by Gasteiger charge is 2.10. The Hall–Kier alpha value is -1.62. The van der Waals surface area contributed by atoms with E-state index in [0.717, 1.165) is 12.5 Å². The van der Waals surface area contributed by atoms with Gasteiger partial charge in [-0.2, -0.15) is 0 Å². The van der Waals surface area contributed by atoms with Gasteiger partial charge in [0.1, 0.15) is 5.82 Å². The summed E-state index contributed by atoms with van der Waals surface area (Å²) in [6, 6.07) is 3.87. The maximum absolute atomic E-state index is 13.5. The van der Waals surface area contributed by atoms with Crippen LogP contribution in [-0.4, -0.2) is 30.8 Å². The minimum absolute atomic E-state index is 0.0557. The van der Waals surface area contributed by atoms with E-state index >= 15 is 0 Å². The minimum Gasteiger partial charge on any atom is -0.478 e. The Morgan fingerprint density at radius 1 is 1.59 bits per heavy atom. The molecule has 0 aliphatic heterocycles. The highest BCUT2D eigenvalue weighted by atomic mass is 19.1. The van der Waals surface area contributed by atoms with E-state index < -0.39 is 11.8 Å². The molecule has 1 rings (SSSR count). The predicted octanol–water partition coefficient (Wildman–Crippen LogP) is 2.36. The number of carboxylic acids is 1. The van der Waals surface area contributed by atoms with Crippen LogP contribution in [0.4, 0.5) is 10.1 Å². The van der Waals surface area contributed by atoms with E-state index in [1.807, 2.05) is 6.92 Å². The van der Waals surface area contributed by atoms with Gasteiger partial charge in [0.15, 0.2) is 0 Å². The van der Waals surface area contributed by atoms with Crippen LogP contribution in [0, 0.1) is 5.82 Å². The monoisotopic (exact) mass is 241 g/mol. The Labute approximate surface area is 99.4 Å². The number of carboxylic acid groups (broad SMARTS) is 1. The molecule has 1 unspecified atom stereocenters. The predicted molar refractivity (Wildman–Crippen MR) is 62.9 cm³/mol. The first kappa shape index (κ1) is 13.4. The summed E-state index contributed by atoms with van der Waals surface area (Å²) in [6.45, 7) is 2.49. The SMILES string of the molecule is COCCC(C)Nc1ccc(C(=O)O)cc1F. The zero-order valence-electron chi connectivity index (χ0n) is 9.87. The highest BCUT2D eigenvalue weighted by molar-refractivity contribution is 5.88. The molecule has 0 heterocycles. The molecule has 1 aromatic rings. The third-order valence-corrected chi connectivity index (χ3v) is 2.37. The van der Waals surface area contributed by atoms with E-state index in [1.165, 1.54) is 12.1 Å². The van der Waals surface area contributed by atoms with Crippen LogP contribution < -0.4 is 5.32 Å². The van der Waals surface area contributed by atoms with Crippen molar-refractivity contribution in [2.75, 3.05) is 19.0 Å². The first-order chi connectivity index (χ1) is 8.04. The molecule has 0 aliphatic carbocycles. The van der Waals surface area contributed by atoms with Crippen LogP contribution >= 0.6 is 0 Å². The van der Waals surface area contributed by atoms with Gasteiger partial charge in [0.25, 0.3) is 0 Å². The number of hydrogen-bond donors (Lipinski definition) is 2. The first-order valence-corrected chi connectivity index (χ1v) is 5.33. The standard InChI is InChI=1S/C12H16FNO3/c1-8(5-6-17-2)14-11-4-3-9(12(15)16)7-10(11)13/h3-4,7-8,14H,5-6H2,1-2H3,(H,15,16). The third kappa shape index (κ3) is 4.03. The van der Waals surface area contributed by atoms with E-state index in [4.69, 9.17) is 9.84 Å². The Balaban J connectivity index is 2.69. The molecule has 0 aliphatic rings. The Bertz CT molecular complexity index is 395. The molecule has 0 amide bonds. The fraction of sp³-hybridized carbons (Fsp3) is 0.417. The second kappa shape index (κ2) is 6.20. The van der Waals surface area contributed by atoms with Crippen LogP contribution in [0.25, 0.3) is 0 Å². The summed E-state index contributed by atoms with van der Waals surface area (Å²) in [7, 11) is 1.61. The van der Waals surface area contributed by atoms with Crippen LogP contribution in [-0.2, 0) is 4.74 Å². The molecule has 2 N–H and O–H groups in total. The molecule has 1 atom stereocenters. The number of nitrogens with one attached hydrogen (secondary N) is 1. The van der Waals surface area contributed by atoms with Gasteiger partial charge in [-0.1, -0.05) is 0 Å². The van der Waals surface area contributed by atoms with Gasteiger partial charge in [-0.15, -0.1) is 0 Å². The van der Waals surface area contributed by atoms with Crippen molar-refractivity contribution in [2.24, 2.45) is 0 Å². The van der Waals surface area contributed by atoms with Crippen molar-refractivity contribution in [3.05, 3.63) is 29.6 Å². The van der Waals surface area contributed by atoms with E-state index in [2.05, 4.69) is 5.32 Å². The topological polar surface area (TPSA) is 58.6 Å². The normalized spacial score (nSPS) is 12.2. The van der Waals surface area contributed by atoms with Gasteiger partial charge >= 0.3 is 5.97 Å². The lowest BCUT2D eigenvalue weighted by molar-refractivity contribution is 0.0696. The molecule has 0 saturated heterocycles. The minimum atomic E-state index is -1.14. The molecule has 0 bridgehead atoms. The Morgan fingerprint density at radius 2 is 2.29 bits per heavy atom. The molecule has 0 aromatic heterocycles. The summed E-state index contributed by atoms with van der Waals surface area (Å²) in [5.74, 6) is -1.70.